The van der Waals surface area contributed by atoms with Crippen molar-refractivity contribution >= 4 is 0 Å². The summed E-state index contributed by atoms with van der Waals surface area (Å²) in [5.74, 6) is 0. The van der Waals surface area contributed by atoms with Crippen molar-refractivity contribution < 1.29 is 22.6 Å². The Hall–Kier alpha value is -0.330. The van der Waals surface area contributed by atoms with Crippen LogP contribution in [0, 0.1) is 5.41 Å². The zero-order valence-electron chi connectivity index (χ0n) is 11.1. The van der Waals surface area contributed by atoms with E-state index in [1.807, 2.05) is 0 Å². The van der Waals surface area contributed by atoms with Crippen LogP contribution in [-0.2, 0) is 9.47 Å². The second-order valence-corrected chi connectivity index (χ2v) is 5.73. The minimum absolute atomic E-state index is 0.101. The molecule has 1 aliphatic carbocycles. The van der Waals surface area contributed by atoms with E-state index < -0.39 is 12.8 Å². The van der Waals surface area contributed by atoms with Crippen molar-refractivity contribution in [3.8, 4) is 0 Å². The van der Waals surface area contributed by atoms with Gasteiger partial charge >= 0.3 is 6.18 Å². The standard InChI is InChI=1S/C13H22F3NO2/c14-13(15,16)10-18-6-1-4-12(5-7-19-9-12)8-17-11-2-3-11/h11,17H,1-10H2. The smallest absolute Gasteiger partial charge is 0.381 e. The van der Waals surface area contributed by atoms with Gasteiger partial charge < -0.3 is 14.8 Å². The molecule has 2 rings (SSSR count). The van der Waals surface area contributed by atoms with Crippen LogP contribution in [0.2, 0.25) is 0 Å². The summed E-state index contributed by atoms with van der Waals surface area (Å²) < 4.78 is 45.9. The molecule has 0 aromatic carbocycles. The van der Waals surface area contributed by atoms with Gasteiger partial charge in [-0.25, -0.2) is 0 Å². The highest BCUT2D eigenvalue weighted by Gasteiger charge is 2.36. The molecule has 6 heteroatoms. The lowest BCUT2D eigenvalue weighted by Crippen LogP contribution is -2.36. The van der Waals surface area contributed by atoms with Crippen LogP contribution in [0.15, 0.2) is 0 Å². The molecule has 1 atom stereocenters. The number of hydrogen-bond donors (Lipinski definition) is 1. The molecule has 1 heterocycles. The van der Waals surface area contributed by atoms with Gasteiger partial charge in [-0.3, -0.25) is 0 Å². The summed E-state index contributed by atoms with van der Waals surface area (Å²) in [4.78, 5) is 0. The fraction of sp³-hybridized carbons (Fsp3) is 1.00. The Balaban J connectivity index is 1.62. The quantitative estimate of drug-likeness (QED) is 0.693. The van der Waals surface area contributed by atoms with E-state index in [1.54, 1.807) is 0 Å². The number of rotatable bonds is 8. The summed E-state index contributed by atoms with van der Waals surface area (Å²) in [6.45, 7) is 1.42. The summed E-state index contributed by atoms with van der Waals surface area (Å²) in [5.41, 5.74) is 0.101. The highest BCUT2D eigenvalue weighted by molar-refractivity contribution is 4.89. The van der Waals surface area contributed by atoms with E-state index in [2.05, 4.69) is 10.1 Å². The van der Waals surface area contributed by atoms with E-state index in [9.17, 15) is 13.2 Å². The monoisotopic (exact) mass is 281 g/mol. The first-order valence-corrected chi connectivity index (χ1v) is 6.95. The molecule has 0 spiro atoms. The lowest BCUT2D eigenvalue weighted by Gasteiger charge is -2.28. The minimum atomic E-state index is -4.22. The molecule has 0 amide bonds. The van der Waals surface area contributed by atoms with E-state index in [4.69, 9.17) is 4.74 Å². The lowest BCUT2D eigenvalue weighted by molar-refractivity contribution is -0.174. The first kappa shape index (κ1) is 15.1. The number of halogens is 3. The summed E-state index contributed by atoms with van der Waals surface area (Å²) in [7, 11) is 0. The Morgan fingerprint density at radius 2 is 2.11 bits per heavy atom. The van der Waals surface area contributed by atoms with Gasteiger partial charge in [0.1, 0.15) is 6.61 Å². The van der Waals surface area contributed by atoms with Gasteiger partial charge in [0.05, 0.1) is 6.61 Å². The molecule has 2 aliphatic rings. The van der Waals surface area contributed by atoms with E-state index >= 15 is 0 Å². The summed E-state index contributed by atoms with van der Waals surface area (Å²) in [5, 5.41) is 3.50. The second-order valence-electron chi connectivity index (χ2n) is 5.73. The molecule has 1 N–H and O–H groups in total. The Labute approximate surface area is 111 Å². The van der Waals surface area contributed by atoms with Crippen molar-refractivity contribution in [2.75, 3.05) is 33.0 Å². The van der Waals surface area contributed by atoms with Crippen LogP contribution in [0.3, 0.4) is 0 Å². The fourth-order valence-electron chi connectivity index (χ4n) is 2.46. The van der Waals surface area contributed by atoms with E-state index in [0.717, 1.165) is 26.0 Å². The average Bonchev–Trinajstić information content (AvgIpc) is 3.05. The molecule has 0 bridgehead atoms. The minimum Gasteiger partial charge on any atom is -0.381 e. The van der Waals surface area contributed by atoms with Gasteiger partial charge in [0, 0.05) is 31.2 Å². The van der Waals surface area contributed by atoms with Crippen LogP contribution in [-0.4, -0.2) is 45.2 Å². The van der Waals surface area contributed by atoms with Crippen molar-refractivity contribution in [3.05, 3.63) is 0 Å². The Kier molecular flexibility index (Phi) is 5.09. The van der Waals surface area contributed by atoms with Gasteiger partial charge in [0.2, 0.25) is 0 Å². The molecule has 0 aromatic heterocycles. The highest BCUT2D eigenvalue weighted by atomic mass is 19.4. The third-order valence-corrected chi connectivity index (χ3v) is 3.79. The molecular formula is C13H22F3NO2. The first-order chi connectivity index (χ1) is 8.99. The van der Waals surface area contributed by atoms with Crippen LogP contribution >= 0.6 is 0 Å². The second kappa shape index (κ2) is 6.41. The van der Waals surface area contributed by atoms with Crippen molar-refractivity contribution in [3.63, 3.8) is 0 Å². The number of alkyl halides is 3. The summed E-state index contributed by atoms with van der Waals surface area (Å²) in [6, 6.07) is 0.652. The van der Waals surface area contributed by atoms with E-state index in [-0.39, 0.29) is 12.0 Å². The predicted octanol–water partition coefficient (Wildman–Crippen LogP) is 2.50. The zero-order valence-corrected chi connectivity index (χ0v) is 11.1. The van der Waals surface area contributed by atoms with Crippen molar-refractivity contribution in [2.24, 2.45) is 5.41 Å². The Morgan fingerprint density at radius 1 is 1.32 bits per heavy atom. The Morgan fingerprint density at radius 3 is 2.68 bits per heavy atom. The van der Waals surface area contributed by atoms with E-state index in [0.29, 0.717) is 19.1 Å². The molecule has 19 heavy (non-hydrogen) atoms. The third-order valence-electron chi connectivity index (χ3n) is 3.79. The first-order valence-electron chi connectivity index (χ1n) is 6.95. The molecule has 1 saturated heterocycles. The molecule has 0 aromatic rings. The zero-order chi connectivity index (χ0) is 13.8. The molecule has 2 fully saturated rings. The Bertz CT molecular complexity index is 274. The summed E-state index contributed by atoms with van der Waals surface area (Å²) in [6.07, 6.45) is 0.779. The molecule has 1 aliphatic heterocycles. The maximum Gasteiger partial charge on any atom is 0.411 e. The van der Waals surface area contributed by atoms with Gasteiger partial charge in [-0.2, -0.15) is 13.2 Å². The third kappa shape index (κ3) is 5.67. The fourth-order valence-corrected chi connectivity index (χ4v) is 2.46. The largest absolute Gasteiger partial charge is 0.411 e. The average molecular weight is 281 g/mol. The van der Waals surface area contributed by atoms with Crippen LogP contribution < -0.4 is 5.32 Å². The van der Waals surface area contributed by atoms with Gasteiger partial charge in [0.15, 0.2) is 0 Å². The molecule has 1 unspecified atom stereocenters. The SMILES string of the molecule is FC(F)(F)COCCCC1(CNC2CC2)CCOC1. The summed E-state index contributed by atoms with van der Waals surface area (Å²) >= 11 is 0. The maximum atomic E-state index is 11.9. The molecule has 0 radical (unpaired) electrons. The van der Waals surface area contributed by atoms with Gasteiger partial charge in [-0.05, 0) is 32.1 Å². The normalized spacial score (nSPS) is 27.9. The maximum absolute atomic E-state index is 11.9. The van der Waals surface area contributed by atoms with Crippen molar-refractivity contribution in [1.29, 1.82) is 0 Å². The van der Waals surface area contributed by atoms with Gasteiger partial charge in [0.25, 0.3) is 0 Å². The van der Waals surface area contributed by atoms with Crippen LogP contribution in [0.4, 0.5) is 13.2 Å². The van der Waals surface area contributed by atoms with Crippen molar-refractivity contribution in [1.82, 2.24) is 5.32 Å². The highest BCUT2D eigenvalue weighted by Crippen LogP contribution is 2.34. The van der Waals surface area contributed by atoms with Crippen LogP contribution in [0.1, 0.15) is 32.1 Å². The predicted molar refractivity (Wildman–Crippen MR) is 65.0 cm³/mol. The van der Waals surface area contributed by atoms with Gasteiger partial charge in [-0.1, -0.05) is 0 Å². The molecule has 1 saturated carbocycles. The molecule has 3 nitrogen and oxygen atoms in total. The van der Waals surface area contributed by atoms with Crippen LogP contribution in [0.5, 0.6) is 0 Å². The molecule has 112 valence electrons. The van der Waals surface area contributed by atoms with Crippen molar-refractivity contribution in [2.45, 2.75) is 44.3 Å². The molecular weight excluding hydrogens is 259 g/mol. The van der Waals surface area contributed by atoms with E-state index in [1.165, 1.54) is 12.8 Å². The van der Waals surface area contributed by atoms with Crippen LogP contribution in [0.25, 0.3) is 0 Å². The number of ether oxygens (including phenoxy) is 2. The number of hydrogen-bond acceptors (Lipinski definition) is 3. The lowest BCUT2D eigenvalue weighted by atomic mass is 9.82. The van der Waals surface area contributed by atoms with Gasteiger partial charge in [-0.15, -0.1) is 0 Å². The number of nitrogens with one attached hydrogen (secondary N) is 1. The topological polar surface area (TPSA) is 30.5 Å².